The third kappa shape index (κ3) is 4.56. The van der Waals surface area contributed by atoms with E-state index in [2.05, 4.69) is 4.98 Å². The molecule has 17 heavy (non-hydrogen) atoms. The summed E-state index contributed by atoms with van der Waals surface area (Å²) in [4.78, 5) is 14.9. The second kappa shape index (κ2) is 6.39. The van der Waals surface area contributed by atoms with E-state index in [4.69, 9.17) is 5.73 Å². The van der Waals surface area contributed by atoms with Crippen molar-refractivity contribution in [2.75, 3.05) is 0 Å². The summed E-state index contributed by atoms with van der Waals surface area (Å²) < 4.78 is 1.99. The number of imidazole rings is 1. The summed E-state index contributed by atoms with van der Waals surface area (Å²) in [5, 5.41) is 9.68. The smallest absolute Gasteiger partial charge is 0.220 e. The zero-order chi connectivity index (χ0) is 12.8. The highest BCUT2D eigenvalue weighted by Gasteiger charge is 2.16. The van der Waals surface area contributed by atoms with Crippen LogP contribution in [0.1, 0.15) is 32.0 Å². The molecule has 0 aromatic carbocycles. The first-order valence-corrected chi connectivity index (χ1v) is 5.93. The molecule has 0 saturated carbocycles. The Morgan fingerprint density at radius 3 is 2.88 bits per heavy atom. The van der Waals surface area contributed by atoms with Crippen molar-refractivity contribution in [2.24, 2.45) is 18.7 Å². The van der Waals surface area contributed by atoms with E-state index in [1.165, 1.54) is 0 Å². The van der Waals surface area contributed by atoms with E-state index >= 15 is 0 Å². The Morgan fingerprint density at radius 1 is 1.65 bits per heavy atom. The van der Waals surface area contributed by atoms with Gasteiger partial charge in [-0.05, 0) is 18.8 Å². The summed E-state index contributed by atoms with van der Waals surface area (Å²) in [6, 6.07) is 0. The van der Waals surface area contributed by atoms with E-state index in [0.29, 0.717) is 0 Å². The lowest BCUT2D eigenvalue weighted by molar-refractivity contribution is -0.120. The van der Waals surface area contributed by atoms with Crippen molar-refractivity contribution in [3.63, 3.8) is 0 Å². The molecule has 96 valence electrons. The fourth-order valence-electron chi connectivity index (χ4n) is 1.82. The number of aliphatic hydroxyl groups is 1. The van der Waals surface area contributed by atoms with Gasteiger partial charge in [0.05, 0.1) is 12.5 Å². The molecule has 0 bridgehead atoms. The molecule has 1 aromatic heterocycles. The van der Waals surface area contributed by atoms with Gasteiger partial charge in [0.25, 0.3) is 0 Å². The third-order valence-electron chi connectivity index (χ3n) is 3.05. The molecular formula is C12H21N3O2. The largest absolute Gasteiger partial charge is 0.392 e. The van der Waals surface area contributed by atoms with Gasteiger partial charge in [-0.25, -0.2) is 4.98 Å². The number of rotatable bonds is 7. The molecule has 0 aliphatic carbocycles. The van der Waals surface area contributed by atoms with E-state index < -0.39 is 12.0 Å². The van der Waals surface area contributed by atoms with Crippen LogP contribution in [0.25, 0.3) is 0 Å². The van der Waals surface area contributed by atoms with Gasteiger partial charge in [0, 0.05) is 25.9 Å². The lowest BCUT2D eigenvalue weighted by Gasteiger charge is -2.17. The molecular weight excluding hydrogens is 218 g/mol. The molecule has 0 aliphatic heterocycles. The van der Waals surface area contributed by atoms with Crippen LogP contribution < -0.4 is 5.73 Å². The van der Waals surface area contributed by atoms with Crippen LogP contribution in [-0.4, -0.2) is 26.7 Å². The van der Waals surface area contributed by atoms with Crippen LogP contribution in [0.3, 0.4) is 0 Å². The van der Waals surface area contributed by atoms with Crippen molar-refractivity contribution < 1.29 is 9.90 Å². The molecule has 0 aliphatic rings. The highest BCUT2D eigenvalue weighted by molar-refractivity contribution is 5.74. The molecule has 0 fully saturated rings. The van der Waals surface area contributed by atoms with Crippen LogP contribution in [0.5, 0.6) is 0 Å². The number of hydrogen-bond donors (Lipinski definition) is 2. The highest BCUT2D eigenvalue weighted by Crippen LogP contribution is 2.15. The van der Waals surface area contributed by atoms with Crippen LogP contribution in [0.4, 0.5) is 0 Å². The first-order chi connectivity index (χ1) is 8.00. The SMILES string of the molecule is C[C@H](CCCc1nccn1C)[C@@H](O)CC(N)=O. The quantitative estimate of drug-likeness (QED) is 0.731. The van der Waals surface area contributed by atoms with Gasteiger partial charge < -0.3 is 15.4 Å². The number of hydrogen-bond acceptors (Lipinski definition) is 3. The number of nitrogens with zero attached hydrogens (tertiary/aromatic N) is 2. The standard InChI is InChI=1S/C12H21N3O2/c1-9(10(16)8-11(13)17)4-3-5-12-14-6-7-15(12)2/h6-7,9-10,16H,3-5,8H2,1-2H3,(H2,13,17)/t9-,10+/m1/s1. The summed E-state index contributed by atoms with van der Waals surface area (Å²) in [7, 11) is 1.97. The fourth-order valence-corrected chi connectivity index (χ4v) is 1.82. The van der Waals surface area contributed by atoms with Crippen molar-refractivity contribution >= 4 is 5.91 Å². The molecule has 1 rings (SSSR count). The Hall–Kier alpha value is -1.36. The zero-order valence-electron chi connectivity index (χ0n) is 10.5. The lowest BCUT2D eigenvalue weighted by atomic mass is 9.95. The van der Waals surface area contributed by atoms with Crippen LogP contribution in [0.15, 0.2) is 12.4 Å². The van der Waals surface area contributed by atoms with Crippen LogP contribution in [0, 0.1) is 5.92 Å². The molecule has 0 saturated heterocycles. The van der Waals surface area contributed by atoms with Crippen molar-refractivity contribution in [1.82, 2.24) is 9.55 Å². The topological polar surface area (TPSA) is 81.1 Å². The number of carbonyl (C=O) groups excluding carboxylic acids is 1. The van der Waals surface area contributed by atoms with Gasteiger partial charge in [0.2, 0.25) is 5.91 Å². The molecule has 3 N–H and O–H groups in total. The molecule has 0 spiro atoms. The van der Waals surface area contributed by atoms with E-state index in [0.717, 1.165) is 25.1 Å². The van der Waals surface area contributed by atoms with Gasteiger partial charge in [-0.2, -0.15) is 0 Å². The number of carbonyl (C=O) groups is 1. The first kappa shape index (κ1) is 13.7. The minimum Gasteiger partial charge on any atom is -0.392 e. The molecule has 2 atom stereocenters. The van der Waals surface area contributed by atoms with Crippen LogP contribution >= 0.6 is 0 Å². The molecule has 5 nitrogen and oxygen atoms in total. The molecule has 0 unspecified atom stereocenters. The normalized spacial score (nSPS) is 14.5. The van der Waals surface area contributed by atoms with Crippen molar-refractivity contribution in [2.45, 2.75) is 38.7 Å². The van der Waals surface area contributed by atoms with Gasteiger partial charge in [-0.15, -0.1) is 0 Å². The summed E-state index contributed by atoms with van der Waals surface area (Å²) in [5.41, 5.74) is 5.04. The van der Waals surface area contributed by atoms with E-state index in [-0.39, 0.29) is 12.3 Å². The van der Waals surface area contributed by atoms with Gasteiger partial charge >= 0.3 is 0 Å². The van der Waals surface area contributed by atoms with Crippen molar-refractivity contribution in [1.29, 1.82) is 0 Å². The first-order valence-electron chi connectivity index (χ1n) is 5.93. The van der Waals surface area contributed by atoms with Crippen LogP contribution in [-0.2, 0) is 18.3 Å². The predicted octanol–water partition coefficient (Wildman–Crippen LogP) is 0.615. The number of amides is 1. The number of nitrogens with two attached hydrogens (primary N) is 1. The van der Waals surface area contributed by atoms with Crippen LogP contribution in [0.2, 0.25) is 0 Å². The summed E-state index contributed by atoms with van der Waals surface area (Å²) in [5.74, 6) is 0.679. The summed E-state index contributed by atoms with van der Waals surface area (Å²) in [6.07, 6.45) is 5.81. The number of aryl methyl sites for hydroxylation is 2. The lowest BCUT2D eigenvalue weighted by Crippen LogP contribution is -2.25. The minimum atomic E-state index is -0.631. The molecule has 0 radical (unpaired) electrons. The second-order valence-electron chi connectivity index (χ2n) is 4.56. The van der Waals surface area contributed by atoms with Gasteiger partial charge in [-0.1, -0.05) is 6.92 Å². The maximum absolute atomic E-state index is 10.7. The number of aromatic nitrogens is 2. The van der Waals surface area contributed by atoms with Gasteiger partial charge in [-0.3, -0.25) is 4.79 Å². The van der Waals surface area contributed by atoms with Crippen molar-refractivity contribution in [3.8, 4) is 0 Å². The molecule has 1 amide bonds. The summed E-state index contributed by atoms with van der Waals surface area (Å²) in [6.45, 7) is 1.94. The van der Waals surface area contributed by atoms with E-state index in [1.807, 2.05) is 24.7 Å². The third-order valence-corrected chi connectivity index (χ3v) is 3.05. The fraction of sp³-hybridized carbons (Fsp3) is 0.667. The van der Waals surface area contributed by atoms with Gasteiger partial charge in [0.1, 0.15) is 5.82 Å². The molecule has 5 heteroatoms. The maximum atomic E-state index is 10.7. The Kier molecular flexibility index (Phi) is 5.15. The Bertz CT molecular complexity index is 362. The maximum Gasteiger partial charge on any atom is 0.220 e. The molecule has 1 heterocycles. The average molecular weight is 239 g/mol. The second-order valence-corrected chi connectivity index (χ2v) is 4.56. The summed E-state index contributed by atoms with van der Waals surface area (Å²) >= 11 is 0. The number of primary amides is 1. The zero-order valence-corrected chi connectivity index (χ0v) is 10.5. The van der Waals surface area contributed by atoms with Gasteiger partial charge in [0.15, 0.2) is 0 Å². The highest BCUT2D eigenvalue weighted by atomic mass is 16.3. The Labute approximate surface area is 102 Å². The van der Waals surface area contributed by atoms with Crippen molar-refractivity contribution in [3.05, 3.63) is 18.2 Å². The predicted molar refractivity (Wildman–Crippen MR) is 65.1 cm³/mol. The minimum absolute atomic E-state index is 0.0452. The average Bonchev–Trinajstić information content (AvgIpc) is 2.63. The Balaban J connectivity index is 2.26. The van der Waals surface area contributed by atoms with E-state index in [1.54, 1.807) is 6.20 Å². The Morgan fingerprint density at radius 2 is 2.35 bits per heavy atom. The monoisotopic (exact) mass is 239 g/mol. The van der Waals surface area contributed by atoms with E-state index in [9.17, 15) is 9.90 Å². The molecule has 1 aromatic rings. The number of aliphatic hydroxyl groups excluding tert-OH is 1.